The second kappa shape index (κ2) is 9.56. The Bertz CT molecular complexity index is 1050. The van der Waals surface area contributed by atoms with Crippen LogP contribution in [-0.2, 0) is 17.8 Å². The first-order valence-corrected chi connectivity index (χ1v) is 11.2. The Morgan fingerprint density at radius 2 is 2.24 bits per heavy atom. The van der Waals surface area contributed by atoms with E-state index in [0.717, 1.165) is 17.8 Å². The molecular weight excluding hydrogens is 431 g/mol. The number of rotatable bonds is 8. The molecule has 0 atom stereocenters. The molecule has 152 valence electrons. The molecule has 0 aliphatic heterocycles. The van der Waals surface area contributed by atoms with Crippen LogP contribution in [0.15, 0.2) is 41.4 Å². The van der Waals surface area contributed by atoms with Crippen LogP contribution >= 0.6 is 34.7 Å². The van der Waals surface area contributed by atoms with E-state index in [9.17, 15) is 9.18 Å². The average Bonchev–Trinajstić information content (AvgIpc) is 3.26. The van der Waals surface area contributed by atoms with Gasteiger partial charge in [0.15, 0.2) is 11.0 Å². The summed E-state index contributed by atoms with van der Waals surface area (Å²) >= 11 is 8.73. The fraction of sp³-hybridized carbons (Fsp3) is 0.250. The number of nitrogens with zero attached hydrogens (tertiary/aromatic N) is 3. The van der Waals surface area contributed by atoms with Crippen molar-refractivity contribution in [2.45, 2.75) is 32.0 Å². The predicted molar refractivity (Wildman–Crippen MR) is 118 cm³/mol. The Morgan fingerprint density at radius 1 is 1.45 bits per heavy atom. The standard InChI is InChI=1S/C20H20ClFN4OS2/c1-4-8-26-19(15-10-28-12(3)14(15)5-2)24-25-20(26)29-11-18(27)23-13-6-7-17(22)16(21)9-13/h4,6-7,9-10H,1,5,8,11H2,2-3H3,(H,23,27). The Balaban J connectivity index is 1.75. The monoisotopic (exact) mass is 450 g/mol. The Hall–Kier alpha value is -2.16. The van der Waals surface area contributed by atoms with Gasteiger partial charge in [0.25, 0.3) is 0 Å². The topological polar surface area (TPSA) is 59.8 Å². The van der Waals surface area contributed by atoms with Gasteiger partial charge in [0, 0.05) is 28.1 Å². The molecule has 0 aliphatic carbocycles. The third-order valence-corrected chi connectivity index (χ3v) is 6.47. The number of nitrogens with one attached hydrogen (secondary N) is 1. The highest BCUT2D eigenvalue weighted by atomic mass is 35.5. The van der Waals surface area contributed by atoms with Crippen molar-refractivity contribution >= 4 is 46.3 Å². The molecular formula is C20H20ClFN4OS2. The van der Waals surface area contributed by atoms with Crippen LogP contribution < -0.4 is 5.32 Å². The molecule has 0 saturated carbocycles. The number of aryl methyl sites for hydroxylation is 1. The van der Waals surface area contributed by atoms with Gasteiger partial charge in [-0.3, -0.25) is 9.36 Å². The fourth-order valence-corrected chi connectivity index (χ4v) is 4.76. The number of hydrogen-bond acceptors (Lipinski definition) is 5. The van der Waals surface area contributed by atoms with Crippen molar-refractivity contribution in [2.24, 2.45) is 0 Å². The zero-order valence-electron chi connectivity index (χ0n) is 16.0. The Morgan fingerprint density at radius 3 is 2.93 bits per heavy atom. The van der Waals surface area contributed by atoms with Crippen LogP contribution in [0.1, 0.15) is 17.4 Å². The quantitative estimate of drug-likeness (QED) is 0.359. The summed E-state index contributed by atoms with van der Waals surface area (Å²) in [5.74, 6) is 0.139. The highest BCUT2D eigenvalue weighted by molar-refractivity contribution is 7.99. The van der Waals surface area contributed by atoms with Crippen LogP contribution in [-0.4, -0.2) is 26.4 Å². The van der Waals surface area contributed by atoms with Gasteiger partial charge in [-0.25, -0.2) is 4.39 Å². The van der Waals surface area contributed by atoms with Crippen LogP contribution in [0.2, 0.25) is 5.02 Å². The van der Waals surface area contributed by atoms with E-state index in [1.54, 1.807) is 17.4 Å². The number of halogens is 2. The molecule has 5 nitrogen and oxygen atoms in total. The van der Waals surface area contributed by atoms with E-state index in [4.69, 9.17) is 11.6 Å². The van der Waals surface area contributed by atoms with Crippen LogP contribution in [0, 0.1) is 12.7 Å². The summed E-state index contributed by atoms with van der Waals surface area (Å²) in [6, 6.07) is 4.06. The Kier molecular flexibility index (Phi) is 7.10. The first kappa shape index (κ1) is 21.5. The molecule has 0 radical (unpaired) electrons. The third-order valence-electron chi connectivity index (χ3n) is 4.26. The number of hydrogen-bond donors (Lipinski definition) is 1. The van der Waals surface area contributed by atoms with Crippen molar-refractivity contribution in [2.75, 3.05) is 11.1 Å². The molecule has 0 fully saturated rings. The zero-order valence-corrected chi connectivity index (χ0v) is 18.4. The van der Waals surface area contributed by atoms with Crippen molar-refractivity contribution in [1.29, 1.82) is 0 Å². The number of carbonyl (C=O) groups excluding carboxylic acids is 1. The van der Waals surface area contributed by atoms with Crippen LogP contribution in [0.4, 0.5) is 10.1 Å². The lowest BCUT2D eigenvalue weighted by Gasteiger charge is -2.09. The molecule has 3 aromatic rings. The van der Waals surface area contributed by atoms with Gasteiger partial charge in [-0.1, -0.05) is 36.4 Å². The van der Waals surface area contributed by atoms with Gasteiger partial charge >= 0.3 is 0 Å². The predicted octanol–water partition coefficient (Wildman–Crippen LogP) is 5.59. The van der Waals surface area contributed by atoms with Crippen molar-refractivity contribution in [3.63, 3.8) is 0 Å². The fourth-order valence-electron chi connectivity index (χ4n) is 2.90. The van der Waals surface area contributed by atoms with Gasteiger partial charge in [0.1, 0.15) is 5.82 Å². The molecule has 29 heavy (non-hydrogen) atoms. The molecule has 0 saturated heterocycles. The number of benzene rings is 1. The van der Waals surface area contributed by atoms with Gasteiger partial charge in [-0.05, 0) is 37.1 Å². The number of amides is 1. The molecule has 1 amide bonds. The van der Waals surface area contributed by atoms with Gasteiger partial charge in [-0.2, -0.15) is 0 Å². The van der Waals surface area contributed by atoms with E-state index < -0.39 is 5.82 Å². The van der Waals surface area contributed by atoms with E-state index in [1.807, 2.05) is 4.57 Å². The number of carbonyl (C=O) groups is 1. The molecule has 0 spiro atoms. The maximum atomic E-state index is 13.2. The molecule has 0 aliphatic rings. The first-order valence-electron chi connectivity index (χ1n) is 8.93. The van der Waals surface area contributed by atoms with E-state index in [2.05, 4.69) is 41.3 Å². The second-order valence-corrected chi connectivity index (χ2v) is 8.64. The maximum absolute atomic E-state index is 13.2. The third kappa shape index (κ3) is 4.88. The highest BCUT2D eigenvalue weighted by Crippen LogP contribution is 2.32. The lowest BCUT2D eigenvalue weighted by Crippen LogP contribution is -2.14. The van der Waals surface area contributed by atoms with Crippen LogP contribution in [0.25, 0.3) is 11.4 Å². The number of thioether (sulfide) groups is 1. The summed E-state index contributed by atoms with van der Waals surface area (Å²) in [4.78, 5) is 13.6. The van der Waals surface area contributed by atoms with Gasteiger partial charge < -0.3 is 5.32 Å². The summed E-state index contributed by atoms with van der Waals surface area (Å²) in [7, 11) is 0. The number of thiophene rings is 1. The minimum Gasteiger partial charge on any atom is -0.325 e. The molecule has 1 aromatic carbocycles. The normalized spacial score (nSPS) is 10.9. The summed E-state index contributed by atoms with van der Waals surface area (Å²) in [5.41, 5.74) is 2.77. The van der Waals surface area contributed by atoms with E-state index >= 15 is 0 Å². The van der Waals surface area contributed by atoms with Crippen molar-refractivity contribution in [3.8, 4) is 11.4 Å². The lowest BCUT2D eigenvalue weighted by atomic mass is 10.1. The highest BCUT2D eigenvalue weighted by Gasteiger charge is 2.19. The van der Waals surface area contributed by atoms with Crippen molar-refractivity contribution < 1.29 is 9.18 Å². The molecule has 3 rings (SSSR count). The molecule has 9 heteroatoms. The minimum atomic E-state index is -0.529. The zero-order chi connectivity index (χ0) is 21.0. The summed E-state index contributed by atoms with van der Waals surface area (Å²) < 4.78 is 15.2. The molecule has 2 heterocycles. The smallest absolute Gasteiger partial charge is 0.234 e. The van der Waals surface area contributed by atoms with E-state index in [0.29, 0.717) is 17.4 Å². The number of aromatic nitrogens is 3. The summed E-state index contributed by atoms with van der Waals surface area (Å²) in [6.07, 6.45) is 2.69. The van der Waals surface area contributed by atoms with Crippen LogP contribution in [0.5, 0.6) is 0 Å². The van der Waals surface area contributed by atoms with E-state index in [1.165, 1.54) is 40.4 Å². The number of anilines is 1. The molecule has 0 unspecified atom stereocenters. The molecule has 0 bridgehead atoms. The largest absolute Gasteiger partial charge is 0.325 e. The average molecular weight is 451 g/mol. The lowest BCUT2D eigenvalue weighted by molar-refractivity contribution is -0.113. The van der Waals surface area contributed by atoms with Gasteiger partial charge in [-0.15, -0.1) is 28.1 Å². The van der Waals surface area contributed by atoms with Crippen LogP contribution in [0.3, 0.4) is 0 Å². The maximum Gasteiger partial charge on any atom is 0.234 e. The van der Waals surface area contributed by atoms with Crippen molar-refractivity contribution in [1.82, 2.24) is 14.8 Å². The summed E-state index contributed by atoms with van der Waals surface area (Å²) in [5, 5.41) is 14.1. The number of allylic oxidation sites excluding steroid dienone is 1. The first-order chi connectivity index (χ1) is 13.9. The molecule has 2 aromatic heterocycles. The van der Waals surface area contributed by atoms with Gasteiger partial charge in [0.2, 0.25) is 5.91 Å². The van der Waals surface area contributed by atoms with Gasteiger partial charge in [0.05, 0.1) is 10.8 Å². The SMILES string of the molecule is C=CCn1c(SCC(=O)Nc2ccc(F)c(Cl)c2)nnc1-c1csc(C)c1CC. The second-order valence-electron chi connectivity index (χ2n) is 6.21. The van der Waals surface area contributed by atoms with E-state index in [-0.39, 0.29) is 16.7 Å². The summed E-state index contributed by atoms with van der Waals surface area (Å²) in [6.45, 7) is 8.58. The molecule has 1 N–H and O–H groups in total. The minimum absolute atomic E-state index is 0.0383. The Labute approximate surface area is 182 Å². The van der Waals surface area contributed by atoms with Crippen molar-refractivity contribution in [3.05, 3.63) is 57.5 Å².